The molecule has 0 amide bonds. The van der Waals surface area contributed by atoms with Crippen molar-refractivity contribution < 1.29 is 19.4 Å². The zero-order valence-corrected chi connectivity index (χ0v) is 10.9. The van der Waals surface area contributed by atoms with Crippen molar-refractivity contribution in [2.45, 2.75) is 20.5 Å². The predicted octanol–water partition coefficient (Wildman–Crippen LogP) is 2.57. The Bertz CT molecular complexity index is 374. The topological polar surface area (TPSA) is 55.8 Å². The average molecular weight is 252 g/mol. The first-order valence-corrected chi connectivity index (χ1v) is 6.07. The summed E-state index contributed by atoms with van der Waals surface area (Å²) in [7, 11) is 0. The fraction of sp³-hybridized carbons (Fsp3) is 0.500. The standard InChI is InChI=1S/C14H20O4/c1-11(2)9-17-6-7-18-10-12-4-3-5-13(8-12)14(15)16/h3-5,8,11H,6-7,9-10H2,1-2H3,(H,15,16). The Hall–Kier alpha value is -1.39. The van der Waals surface area contributed by atoms with E-state index in [4.69, 9.17) is 14.6 Å². The van der Waals surface area contributed by atoms with Gasteiger partial charge in [-0.25, -0.2) is 4.79 Å². The van der Waals surface area contributed by atoms with E-state index in [-0.39, 0.29) is 5.56 Å². The summed E-state index contributed by atoms with van der Waals surface area (Å²) in [6.07, 6.45) is 0. The highest BCUT2D eigenvalue weighted by Crippen LogP contribution is 2.06. The highest BCUT2D eigenvalue weighted by atomic mass is 16.5. The molecule has 1 rings (SSSR count). The normalized spacial score (nSPS) is 10.8. The first kappa shape index (κ1) is 14.7. The molecule has 0 fully saturated rings. The number of carbonyl (C=O) groups is 1. The summed E-state index contributed by atoms with van der Waals surface area (Å²) in [6, 6.07) is 6.76. The molecule has 0 saturated carbocycles. The lowest BCUT2D eigenvalue weighted by Crippen LogP contribution is -2.08. The lowest BCUT2D eigenvalue weighted by atomic mass is 10.1. The van der Waals surface area contributed by atoms with Gasteiger partial charge in [0.25, 0.3) is 0 Å². The Morgan fingerprint density at radius 3 is 2.67 bits per heavy atom. The van der Waals surface area contributed by atoms with Crippen molar-refractivity contribution in [3.8, 4) is 0 Å². The summed E-state index contributed by atoms with van der Waals surface area (Å²) in [5.41, 5.74) is 1.14. The van der Waals surface area contributed by atoms with E-state index < -0.39 is 5.97 Å². The monoisotopic (exact) mass is 252 g/mol. The van der Waals surface area contributed by atoms with Gasteiger partial charge in [0.1, 0.15) is 0 Å². The number of hydrogen-bond acceptors (Lipinski definition) is 3. The lowest BCUT2D eigenvalue weighted by molar-refractivity contribution is 0.0314. The number of carboxylic acid groups (broad SMARTS) is 1. The van der Waals surface area contributed by atoms with Crippen LogP contribution in [0, 0.1) is 5.92 Å². The third-order valence-corrected chi connectivity index (χ3v) is 2.27. The molecule has 4 nitrogen and oxygen atoms in total. The van der Waals surface area contributed by atoms with E-state index in [1.54, 1.807) is 18.2 Å². The molecule has 1 aromatic carbocycles. The van der Waals surface area contributed by atoms with Crippen LogP contribution in [0.1, 0.15) is 29.8 Å². The summed E-state index contributed by atoms with van der Waals surface area (Å²) in [6.45, 7) is 6.42. The van der Waals surface area contributed by atoms with Crippen molar-refractivity contribution >= 4 is 5.97 Å². The van der Waals surface area contributed by atoms with Crippen LogP contribution in [0.25, 0.3) is 0 Å². The van der Waals surface area contributed by atoms with Gasteiger partial charge in [0.2, 0.25) is 0 Å². The van der Waals surface area contributed by atoms with Crippen molar-refractivity contribution in [1.82, 2.24) is 0 Å². The Labute approximate surface area is 108 Å². The average Bonchev–Trinajstić information content (AvgIpc) is 2.33. The van der Waals surface area contributed by atoms with Crippen LogP contribution in [0.15, 0.2) is 24.3 Å². The molecular formula is C14H20O4. The van der Waals surface area contributed by atoms with Crippen molar-refractivity contribution in [2.75, 3.05) is 19.8 Å². The van der Waals surface area contributed by atoms with Crippen molar-refractivity contribution in [1.29, 1.82) is 0 Å². The van der Waals surface area contributed by atoms with E-state index in [0.717, 1.165) is 12.2 Å². The minimum Gasteiger partial charge on any atom is -0.478 e. The van der Waals surface area contributed by atoms with Gasteiger partial charge >= 0.3 is 5.97 Å². The number of carboxylic acids is 1. The van der Waals surface area contributed by atoms with Gasteiger partial charge in [-0.15, -0.1) is 0 Å². The number of aromatic carboxylic acids is 1. The number of rotatable bonds is 8. The van der Waals surface area contributed by atoms with Crippen LogP contribution in [0.3, 0.4) is 0 Å². The van der Waals surface area contributed by atoms with E-state index in [0.29, 0.717) is 25.7 Å². The lowest BCUT2D eigenvalue weighted by Gasteiger charge is -2.08. The van der Waals surface area contributed by atoms with E-state index in [2.05, 4.69) is 13.8 Å². The predicted molar refractivity (Wildman–Crippen MR) is 68.7 cm³/mol. The summed E-state index contributed by atoms with van der Waals surface area (Å²) >= 11 is 0. The summed E-state index contributed by atoms with van der Waals surface area (Å²) in [5.74, 6) is -0.394. The quantitative estimate of drug-likeness (QED) is 0.722. The minimum atomic E-state index is -0.919. The maximum atomic E-state index is 10.8. The second-order valence-corrected chi connectivity index (χ2v) is 4.53. The zero-order chi connectivity index (χ0) is 13.4. The smallest absolute Gasteiger partial charge is 0.335 e. The molecule has 18 heavy (non-hydrogen) atoms. The summed E-state index contributed by atoms with van der Waals surface area (Å²) < 4.78 is 10.8. The van der Waals surface area contributed by atoms with Crippen LogP contribution in [0.2, 0.25) is 0 Å². The molecular weight excluding hydrogens is 232 g/mol. The van der Waals surface area contributed by atoms with Gasteiger partial charge in [-0.3, -0.25) is 0 Å². The molecule has 0 aliphatic carbocycles. The van der Waals surface area contributed by atoms with Crippen molar-refractivity contribution in [3.63, 3.8) is 0 Å². The van der Waals surface area contributed by atoms with E-state index in [9.17, 15) is 4.79 Å². The maximum Gasteiger partial charge on any atom is 0.335 e. The fourth-order valence-electron chi connectivity index (χ4n) is 1.42. The molecule has 100 valence electrons. The summed E-state index contributed by atoms with van der Waals surface area (Å²) in [5, 5.41) is 8.84. The van der Waals surface area contributed by atoms with Crippen molar-refractivity contribution in [2.24, 2.45) is 5.92 Å². The largest absolute Gasteiger partial charge is 0.478 e. The van der Waals surface area contributed by atoms with Gasteiger partial charge in [-0.1, -0.05) is 26.0 Å². The third-order valence-electron chi connectivity index (χ3n) is 2.27. The first-order chi connectivity index (χ1) is 8.59. The SMILES string of the molecule is CC(C)COCCOCc1cccc(C(=O)O)c1. The molecule has 1 N–H and O–H groups in total. The van der Waals surface area contributed by atoms with Crippen molar-refractivity contribution in [3.05, 3.63) is 35.4 Å². The molecule has 0 aromatic heterocycles. The molecule has 0 heterocycles. The Morgan fingerprint density at radius 1 is 1.28 bits per heavy atom. The molecule has 0 saturated heterocycles. The number of ether oxygens (including phenoxy) is 2. The molecule has 4 heteroatoms. The van der Waals surface area contributed by atoms with E-state index >= 15 is 0 Å². The Balaban J connectivity index is 2.23. The molecule has 0 bridgehead atoms. The van der Waals surface area contributed by atoms with Gasteiger partial charge in [0, 0.05) is 6.61 Å². The van der Waals surface area contributed by atoms with Gasteiger partial charge in [0.15, 0.2) is 0 Å². The highest BCUT2D eigenvalue weighted by molar-refractivity contribution is 5.87. The molecule has 0 unspecified atom stereocenters. The van der Waals surface area contributed by atoms with Gasteiger partial charge in [-0.05, 0) is 23.6 Å². The maximum absolute atomic E-state index is 10.8. The third kappa shape index (κ3) is 5.80. The molecule has 0 aliphatic rings. The van der Waals surface area contributed by atoms with Crippen LogP contribution in [-0.4, -0.2) is 30.9 Å². The van der Waals surface area contributed by atoms with Gasteiger partial charge in [0.05, 0.1) is 25.4 Å². The van der Waals surface area contributed by atoms with Crippen LogP contribution in [-0.2, 0) is 16.1 Å². The van der Waals surface area contributed by atoms with Gasteiger partial charge < -0.3 is 14.6 Å². The van der Waals surface area contributed by atoms with Crippen LogP contribution in [0.4, 0.5) is 0 Å². The molecule has 0 atom stereocenters. The first-order valence-electron chi connectivity index (χ1n) is 6.07. The molecule has 0 aliphatic heterocycles. The minimum absolute atomic E-state index is 0.284. The second kappa shape index (κ2) is 7.84. The van der Waals surface area contributed by atoms with Crippen LogP contribution >= 0.6 is 0 Å². The second-order valence-electron chi connectivity index (χ2n) is 4.53. The van der Waals surface area contributed by atoms with Crippen LogP contribution < -0.4 is 0 Å². The fourth-order valence-corrected chi connectivity index (χ4v) is 1.42. The molecule has 0 radical (unpaired) electrons. The van der Waals surface area contributed by atoms with Crippen LogP contribution in [0.5, 0.6) is 0 Å². The Kier molecular flexibility index (Phi) is 6.39. The van der Waals surface area contributed by atoms with E-state index in [1.165, 1.54) is 0 Å². The highest BCUT2D eigenvalue weighted by Gasteiger charge is 2.03. The zero-order valence-electron chi connectivity index (χ0n) is 10.9. The van der Waals surface area contributed by atoms with E-state index in [1.807, 2.05) is 6.07 Å². The summed E-state index contributed by atoms with van der Waals surface area (Å²) in [4.78, 5) is 10.8. The number of benzene rings is 1. The van der Waals surface area contributed by atoms with Gasteiger partial charge in [-0.2, -0.15) is 0 Å². The molecule has 1 aromatic rings. The Morgan fingerprint density at radius 2 is 2.00 bits per heavy atom. The molecule has 0 spiro atoms. The number of hydrogen-bond donors (Lipinski definition) is 1.